The molecule has 4 nitrogen and oxygen atoms in total. The molecule has 0 spiro atoms. The number of aryl methyl sites for hydroxylation is 3. The van der Waals surface area contributed by atoms with Crippen LogP contribution in [-0.2, 0) is 0 Å². The molecule has 0 bridgehead atoms. The van der Waals surface area contributed by atoms with Crippen LogP contribution < -0.4 is 5.63 Å². The van der Waals surface area contributed by atoms with Gasteiger partial charge in [-0.05, 0) is 55.2 Å². The molecule has 0 radical (unpaired) electrons. The molecule has 3 aromatic rings. The highest BCUT2D eigenvalue weighted by atomic mass is 16.4. The molecular formula is C19H16O4. The second-order valence-electron chi connectivity index (χ2n) is 5.69. The highest BCUT2D eigenvalue weighted by molar-refractivity contribution is 6.06. The van der Waals surface area contributed by atoms with Gasteiger partial charge in [-0.2, -0.15) is 0 Å². The van der Waals surface area contributed by atoms with Crippen molar-refractivity contribution in [2.75, 3.05) is 0 Å². The zero-order valence-corrected chi connectivity index (χ0v) is 13.1. The number of carbonyl (C=O) groups is 1. The van der Waals surface area contributed by atoms with Crippen LogP contribution in [0.15, 0.2) is 45.6 Å². The summed E-state index contributed by atoms with van der Waals surface area (Å²) >= 11 is 0. The number of hydrogen-bond acceptors (Lipinski definition) is 3. The molecule has 0 aliphatic carbocycles. The minimum Gasteiger partial charge on any atom is -0.477 e. The second-order valence-corrected chi connectivity index (χ2v) is 5.69. The van der Waals surface area contributed by atoms with Crippen molar-refractivity contribution in [3.05, 3.63) is 69.1 Å². The van der Waals surface area contributed by atoms with Gasteiger partial charge in [-0.15, -0.1) is 0 Å². The van der Waals surface area contributed by atoms with Crippen LogP contribution in [0, 0.1) is 20.8 Å². The van der Waals surface area contributed by atoms with Crippen molar-refractivity contribution >= 4 is 16.9 Å². The molecule has 1 aromatic heterocycles. The fraction of sp³-hybridized carbons (Fsp3) is 0.158. The lowest BCUT2D eigenvalue weighted by Gasteiger charge is -2.13. The van der Waals surface area contributed by atoms with E-state index < -0.39 is 11.6 Å². The van der Waals surface area contributed by atoms with Crippen molar-refractivity contribution in [1.82, 2.24) is 0 Å². The average Bonchev–Trinajstić information content (AvgIpc) is 2.48. The predicted molar refractivity (Wildman–Crippen MR) is 89.1 cm³/mol. The van der Waals surface area contributed by atoms with Crippen LogP contribution in [0.3, 0.4) is 0 Å². The van der Waals surface area contributed by atoms with Gasteiger partial charge in [0, 0.05) is 10.9 Å². The molecule has 0 unspecified atom stereocenters. The summed E-state index contributed by atoms with van der Waals surface area (Å²) in [6.07, 6.45) is 0. The van der Waals surface area contributed by atoms with Crippen molar-refractivity contribution in [3.63, 3.8) is 0 Å². The maximum Gasteiger partial charge on any atom is 0.351 e. The smallest absolute Gasteiger partial charge is 0.351 e. The van der Waals surface area contributed by atoms with E-state index in [0.29, 0.717) is 16.5 Å². The second kappa shape index (κ2) is 5.39. The number of rotatable bonds is 2. The lowest BCUT2D eigenvalue weighted by molar-refractivity contribution is 0.0693. The summed E-state index contributed by atoms with van der Waals surface area (Å²) in [5, 5.41) is 10.2. The van der Waals surface area contributed by atoms with Crippen LogP contribution in [-0.4, -0.2) is 11.1 Å². The fourth-order valence-corrected chi connectivity index (χ4v) is 2.78. The minimum atomic E-state index is -1.28. The van der Waals surface area contributed by atoms with Crippen LogP contribution >= 0.6 is 0 Å². The fourth-order valence-electron chi connectivity index (χ4n) is 2.78. The third-order valence-corrected chi connectivity index (χ3v) is 4.15. The van der Waals surface area contributed by atoms with Crippen LogP contribution in [0.4, 0.5) is 0 Å². The van der Waals surface area contributed by atoms with Gasteiger partial charge in [0.1, 0.15) is 5.58 Å². The summed E-state index contributed by atoms with van der Waals surface area (Å²) in [7, 11) is 0. The Morgan fingerprint density at radius 2 is 1.65 bits per heavy atom. The molecule has 0 fully saturated rings. The highest BCUT2D eigenvalue weighted by Gasteiger charge is 2.23. The maximum atomic E-state index is 12.2. The van der Waals surface area contributed by atoms with Gasteiger partial charge < -0.3 is 9.52 Å². The topological polar surface area (TPSA) is 67.5 Å². The number of carboxylic acid groups (broad SMARTS) is 1. The van der Waals surface area contributed by atoms with Gasteiger partial charge in [0.25, 0.3) is 0 Å². The summed E-state index contributed by atoms with van der Waals surface area (Å²) in [4.78, 5) is 23.9. The van der Waals surface area contributed by atoms with E-state index in [2.05, 4.69) is 0 Å². The molecular weight excluding hydrogens is 292 g/mol. The normalized spacial score (nSPS) is 10.9. The van der Waals surface area contributed by atoms with E-state index in [9.17, 15) is 14.7 Å². The number of benzene rings is 2. The summed E-state index contributed by atoms with van der Waals surface area (Å²) in [6.45, 7) is 5.76. The first-order valence-corrected chi connectivity index (χ1v) is 7.27. The summed E-state index contributed by atoms with van der Waals surface area (Å²) in [5.41, 5.74) is 3.30. The predicted octanol–water partition coefficient (Wildman–Crippen LogP) is 4.08. The Kier molecular flexibility index (Phi) is 3.52. The van der Waals surface area contributed by atoms with E-state index in [1.54, 1.807) is 6.07 Å². The lowest BCUT2D eigenvalue weighted by Crippen LogP contribution is -2.16. The molecule has 2 aromatic carbocycles. The first-order chi connectivity index (χ1) is 10.9. The summed E-state index contributed by atoms with van der Waals surface area (Å²) in [6, 6.07) is 11.1. The molecule has 3 rings (SSSR count). The molecule has 23 heavy (non-hydrogen) atoms. The Morgan fingerprint density at radius 3 is 2.30 bits per heavy atom. The van der Waals surface area contributed by atoms with Crippen molar-refractivity contribution in [2.45, 2.75) is 20.8 Å². The molecule has 0 amide bonds. The zero-order chi connectivity index (χ0) is 16.7. The minimum absolute atomic E-state index is 0.324. The van der Waals surface area contributed by atoms with E-state index in [1.807, 2.05) is 51.1 Å². The molecule has 0 atom stereocenters. The Morgan fingerprint density at radius 1 is 1.00 bits per heavy atom. The van der Waals surface area contributed by atoms with Crippen molar-refractivity contribution in [3.8, 4) is 11.1 Å². The van der Waals surface area contributed by atoms with E-state index >= 15 is 0 Å². The van der Waals surface area contributed by atoms with Gasteiger partial charge in [-0.25, -0.2) is 9.59 Å². The van der Waals surface area contributed by atoms with Gasteiger partial charge in [-0.3, -0.25) is 0 Å². The molecule has 0 aliphatic rings. The molecule has 0 saturated carbocycles. The quantitative estimate of drug-likeness (QED) is 0.724. The Balaban J connectivity index is 2.58. The van der Waals surface area contributed by atoms with Crippen LogP contribution in [0.25, 0.3) is 22.1 Å². The first kappa shape index (κ1) is 15.0. The highest BCUT2D eigenvalue weighted by Crippen LogP contribution is 2.33. The van der Waals surface area contributed by atoms with E-state index in [-0.39, 0.29) is 5.56 Å². The monoisotopic (exact) mass is 308 g/mol. The van der Waals surface area contributed by atoms with Gasteiger partial charge >= 0.3 is 11.6 Å². The number of fused-ring (bicyclic) bond motifs is 1. The van der Waals surface area contributed by atoms with Crippen molar-refractivity contribution < 1.29 is 14.3 Å². The van der Waals surface area contributed by atoms with Gasteiger partial charge in [-0.1, -0.05) is 24.3 Å². The molecule has 116 valence electrons. The maximum absolute atomic E-state index is 12.2. The molecule has 1 heterocycles. The standard InChI is InChI=1S/C19H16O4/c1-10-6-4-5-7-13(10)16-14-8-11(2)12(3)9-15(14)23-19(22)17(16)18(20)21/h4-9H,1-3H3,(H,20,21). The van der Waals surface area contributed by atoms with Gasteiger partial charge in [0.2, 0.25) is 0 Å². The van der Waals surface area contributed by atoms with E-state index in [4.69, 9.17) is 4.42 Å². The van der Waals surface area contributed by atoms with Gasteiger partial charge in [0.15, 0.2) is 5.56 Å². The van der Waals surface area contributed by atoms with Crippen LogP contribution in [0.1, 0.15) is 27.0 Å². The Labute approximate surface area is 133 Å². The molecule has 4 heteroatoms. The van der Waals surface area contributed by atoms with E-state index in [0.717, 1.165) is 22.3 Å². The Hall–Kier alpha value is -2.88. The third kappa shape index (κ3) is 2.42. The first-order valence-electron chi connectivity index (χ1n) is 7.27. The van der Waals surface area contributed by atoms with Crippen molar-refractivity contribution in [1.29, 1.82) is 0 Å². The zero-order valence-electron chi connectivity index (χ0n) is 13.1. The number of aromatic carboxylic acids is 1. The molecule has 1 N–H and O–H groups in total. The Bertz CT molecular complexity index is 996. The molecule has 0 aliphatic heterocycles. The van der Waals surface area contributed by atoms with Gasteiger partial charge in [0.05, 0.1) is 0 Å². The molecule has 0 saturated heterocycles. The number of hydrogen-bond donors (Lipinski definition) is 1. The number of carboxylic acids is 1. The SMILES string of the molecule is Cc1cc2oc(=O)c(C(=O)O)c(-c3ccccc3C)c2cc1C. The summed E-state index contributed by atoms with van der Waals surface area (Å²) in [5.74, 6) is -1.28. The van der Waals surface area contributed by atoms with Crippen LogP contribution in [0.2, 0.25) is 0 Å². The largest absolute Gasteiger partial charge is 0.477 e. The summed E-state index contributed by atoms with van der Waals surface area (Å²) < 4.78 is 5.26. The van der Waals surface area contributed by atoms with Crippen molar-refractivity contribution in [2.24, 2.45) is 0 Å². The average molecular weight is 308 g/mol. The third-order valence-electron chi connectivity index (χ3n) is 4.15. The van der Waals surface area contributed by atoms with Crippen LogP contribution in [0.5, 0.6) is 0 Å². The lowest BCUT2D eigenvalue weighted by atomic mass is 9.92. The van der Waals surface area contributed by atoms with E-state index in [1.165, 1.54) is 0 Å².